The van der Waals surface area contributed by atoms with Crippen molar-refractivity contribution in [2.75, 3.05) is 21.1 Å². The second-order valence-electron chi connectivity index (χ2n) is 6.37. The molecule has 18 heavy (non-hydrogen) atoms. The summed E-state index contributed by atoms with van der Waals surface area (Å²) in [5.74, 6) is 0. The first-order chi connectivity index (χ1) is 7.92. The molecular formula is C17H39N. The summed E-state index contributed by atoms with van der Waals surface area (Å²) >= 11 is 0. The Hall–Kier alpha value is -0.560. The Bertz CT molecular complexity index is 164. The lowest BCUT2D eigenvalue weighted by molar-refractivity contribution is 0.469. The van der Waals surface area contributed by atoms with E-state index in [2.05, 4.69) is 47.6 Å². The predicted molar refractivity (Wildman–Crippen MR) is 90.3 cm³/mol. The average Bonchev–Trinajstić information content (AvgIpc) is 2.14. The molecule has 0 aromatic rings. The second-order valence-corrected chi connectivity index (χ2v) is 6.37. The van der Waals surface area contributed by atoms with Crippen molar-refractivity contribution in [2.24, 2.45) is 5.41 Å². The van der Waals surface area contributed by atoms with E-state index in [9.17, 15) is 0 Å². The van der Waals surface area contributed by atoms with E-state index in [1.54, 1.807) is 0 Å². The van der Waals surface area contributed by atoms with Crippen molar-refractivity contribution in [3.05, 3.63) is 23.8 Å². The number of nitrogens with zero attached hydrogens (tertiary/aromatic N) is 1. The van der Waals surface area contributed by atoms with Gasteiger partial charge in [0.25, 0.3) is 0 Å². The van der Waals surface area contributed by atoms with Crippen molar-refractivity contribution in [1.29, 1.82) is 0 Å². The molecule has 0 aliphatic rings. The van der Waals surface area contributed by atoms with Gasteiger partial charge in [-0.2, -0.15) is 0 Å². The van der Waals surface area contributed by atoms with Crippen molar-refractivity contribution in [3.63, 3.8) is 0 Å². The fourth-order valence-electron chi connectivity index (χ4n) is 0. The van der Waals surface area contributed by atoms with Crippen LogP contribution in [-0.4, -0.2) is 26.0 Å². The zero-order valence-corrected chi connectivity index (χ0v) is 15.2. The van der Waals surface area contributed by atoms with Gasteiger partial charge in [0.2, 0.25) is 0 Å². The summed E-state index contributed by atoms with van der Waals surface area (Å²) in [5.41, 5.74) is 1.88. The van der Waals surface area contributed by atoms with Gasteiger partial charge in [-0.15, -0.1) is 0 Å². The van der Waals surface area contributed by atoms with Gasteiger partial charge < -0.3 is 4.90 Å². The lowest BCUT2D eigenvalue weighted by Crippen LogP contribution is -1.99. The van der Waals surface area contributed by atoms with Crippen LogP contribution in [-0.2, 0) is 0 Å². The smallest absolute Gasteiger partial charge is 0.0140 e. The Morgan fingerprint density at radius 3 is 0.889 bits per heavy atom. The van der Waals surface area contributed by atoms with Crippen LogP contribution in [0.4, 0.5) is 0 Å². The zero-order valence-electron chi connectivity index (χ0n) is 15.2. The van der Waals surface area contributed by atoms with Crippen LogP contribution in [0.15, 0.2) is 23.8 Å². The Morgan fingerprint density at radius 2 is 0.889 bits per heavy atom. The van der Waals surface area contributed by atoms with Gasteiger partial charge in [-0.05, 0) is 61.2 Å². The van der Waals surface area contributed by atoms with E-state index < -0.39 is 0 Å². The Labute approximate surface area is 118 Å². The van der Waals surface area contributed by atoms with Gasteiger partial charge in [-0.1, -0.05) is 51.5 Å². The van der Waals surface area contributed by atoms with E-state index in [4.69, 9.17) is 0 Å². The molecule has 0 amide bonds. The van der Waals surface area contributed by atoms with Crippen molar-refractivity contribution in [2.45, 2.75) is 62.3 Å². The average molecular weight is 258 g/mol. The summed E-state index contributed by atoms with van der Waals surface area (Å²) in [6, 6.07) is 0. The second kappa shape index (κ2) is 18.8. The number of hydrogen-bond acceptors (Lipinski definition) is 1. The van der Waals surface area contributed by atoms with E-state index in [0.29, 0.717) is 5.41 Å². The molecule has 0 unspecified atom stereocenters. The molecule has 0 heterocycles. The highest BCUT2D eigenvalue weighted by Gasteiger charge is 1.95. The fraction of sp³-hybridized carbons (Fsp3) is 0.765. The highest BCUT2D eigenvalue weighted by molar-refractivity contribution is 4.88. The first kappa shape index (κ1) is 26.1. The maximum Gasteiger partial charge on any atom is -0.0140 e. The highest BCUT2D eigenvalue weighted by Crippen LogP contribution is 2.08. The molecule has 0 radical (unpaired) electrons. The van der Waals surface area contributed by atoms with E-state index in [0.717, 1.165) is 0 Å². The van der Waals surface area contributed by atoms with E-state index in [1.165, 1.54) is 5.57 Å². The van der Waals surface area contributed by atoms with Crippen LogP contribution in [0.2, 0.25) is 0 Å². The van der Waals surface area contributed by atoms with E-state index in [1.807, 2.05) is 59.0 Å². The molecule has 0 spiro atoms. The van der Waals surface area contributed by atoms with Crippen LogP contribution in [0.3, 0.4) is 0 Å². The summed E-state index contributed by atoms with van der Waals surface area (Å²) in [6.07, 6.45) is 6.08. The first-order valence-corrected chi connectivity index (χ1v) is 6.70. The quantitative estimate of drug-likeness (QED) is 0.497. The van der Waals surface area contributed by atoms with Crippen molar-refractivity contribution in [3.8, 4) is 0 Å². The highest BCUT2D eigenvalue weighted by atomic mass is 15.0. The molecule has 0 N–H and O–H groups in total. The minimum absolute atomic E-state index is 0.500. The molecule has 0 atom stereocenters. The minimum Gasteiger partial charge on any atom is -0.312 e. The predicted octanol–water partition coefficient (Wildman–Crippen LogP) is 5.79. The molecule has 1 heteroatoms. The van der Waals surface area contributed by atoms with Gasteiger partial charge in [0.05, 0.1) is 0 Å². The summed E-state index contributed by atoms with van der Waals surface area (Å²) < 4.78 is 0. The molecule has 0 rings (SSSR count). The molecule has 0 aromatic heterocycles. The monoisotopic (exact) mass is 257 g/mol. The maximum atomic E-state index is 2.19. The molecule has 0 bridgehead atoms. The van der Waals surface area contributed by atoms with E-state index >= 15 is 0 Å². The number of hydrogen-bond donors (Lipinski definition) is 0. The maximum absolute atomic E-state index is 2.19. The molecule has 0 aliphatic carbocycles. The lowest BCUT2D eigenvalue weighted by atomic mass is 10.0. The third kappa shape index (κ3) is 541. The van der Waals surface area contributed by atoms with Gasteiger partial charge in [-0.3, -0.25) is 0 Å². The molecule has 0 aromatic carbocycles. The summed E-state index contributed by atoms with van der Waals surface area (Å²) in [5, 5.41) is 0. The SMILES string of the molecule is CC(C)(C)C.CC=C(C)C.CC=CC.CN(C)C. The number of rotatable bonds is 0. The summed E-state index contributed by atoms with van der Waals surface area (Å²) in [6.45, 7) is 19.0. The van der Waals surface area contributed by atoms with Crippen LogP contribution in [0.1, 0.15) is 62.3 Å². The standard InChI is InChI=1S/C5H12.C5H10.C4H8.C3H9N/c1-5(2,3)4;1-4-5(2)3;1-3-4-2;1-4(2)3/h1-4H3;4H,1-3H3;3-4H,1-2H3;1-3H3. The number of allylic oxidation sites excluding steroid dienone is 4. The van der Waals surface area contributed by atoms with Crippen molar-refractivity contribution in [1.82, 2.24) is 4.90 Å². The minimum atomic E-state index is 0.500. The normalized spacial score (nSPS) is 9.39. The third-order valence-corrected chi connectivity index (χ3v) is 0.911. The Morgan fingerprint density at radius 1 is 0.778 bits per heavy atom. The molecule has 1 nitrogen and oxygen atoms in total. The van der Waals surface area contributed by atoms with Gasteiger partial charge >= 0.3 is 0 Å². The van der Waals surface area contributed by atoms with Crippen LogP contribution in [0.25, 0.3) is 0 Å². The first-order valence-electron chi connectivity index (χ1n) is 6.70. The third-order valence-electron chi connectivity index (χ3n) is 0.911. The van der Waals surface area contributed by atoms with Crippen molar-refractivity contribution < 1.29 is 0 Å². The molecule has 112 valence electrons. The molecule has 0 saturated carbocycles. The van der Waals surface area contributed by atoms with Gasteiger partial charge in [0, 0.05) is 0 Å². The van der Waals surface area contributed by atoms with Crippen LogP contribution in [0.5, 0.6) is 0 Å². The van der Waals surface area contributed by atoms with Crippen molar-refractivity contribution >= 4 is 0 Å². The van der Waals surface area contributed by atoms with Crippen LogP contribution >= 0.6 is 0 Å². The van der Waals surface area contributed by atoms with Crippen LogP contribution in [0, 0.1) is 5.41 Å². The van der Waals surface area contributed by atoms with Crippen LogP contribution < -0.4 is 0 Å². The molecule has 0 fully saturated rings. The molecule has 0 aliphatic heterocycles. The topological polar surface area (TPSA) is 3.24 Å². The zero-order chi connectivity index (χ0) is 15.8. The summed E-state index contributed by atoms with van der Waals surface area (Å²) in [4.78, 5) is 2.00. The van der Waals surface area contributed by atoms with E-state index in [-0.39, 0.29) is 0 Å². The van der Waals surface area contributed by atoms with Gasteiger partial charge in [0.1, 0.15) is 0 Å². The van der Waals surface area contributed by atoms with Gasteiger partial charge in [0.15, 0.2) is 0 Å². The summed E-state index contributed by atoms with van der Waals surface area (Å²) in [7, 11) is 6.00. The van der Waals surface area contributed by atoms with Gasteiger partial charge in [-0.25, -0.2) is 0 Å². The largest absolute Gasteiger partial charge is 0.312 e. The lowest BCUT2D eigenvalue weighted by Gasteiger charge is -2.05. The fourth-order valence-corrected chi connectivity index (χ4v) is 0. The molecular weight excluding hydrogens is 218 g/mol. The Balaban J connectivity index is -0.0000000731. The Kier molecular flexibility index (Phi) is 27.2. The molecule has 0 saturated heterocycles.